The van der Waals surface area contributed by atoms with Crippen molar-refractivity contribution in [2.45, 2.75) is 39.8 Å². The van der Waals surface area contributed by atoms with Gasteiger partial charge >= 0.3 is 0 Å². The first kappa shape index (κ1) is 11.1. The number of ether oxygens (including phenoxy) is 1. The fourth-order valence-electron chi connectivity index (χ4n) is 1.42. The van der Waals surface area contributed by atoms with Crippen molar-refractivity contribution in [1.29, 1.82) is 0 Å². The summed E-state index contributed by atoms with van der Waals surface area (Å²) in [5, 5.41) is 0. The molecule has 14 heavy (non-hydrogen) atoms. The third-order valence-electron chi connectivity index (χ3n) is 2.10. The van der Waals surface area contributed by atoms with Crippen molar-refractivity contribution in [3.8, 4) is 5.75 Å². The molecule has 1 aromatic carbocycles. The van der Waals surface area contributed by atoms with E-state index in [2.05, 4.69) is 32.9 Å². The van der Waals surface area contributed by atoms with Crippen LogP contribution >= 0.6 is 0 Å². The largest absolute Gasteiger partial charge is 0.476 e. The van der Waals surface area contributed by atoms with Crippen LogP contribution < -0.4 is 10.5 Å². The molecule has 0 radical (unpaired) electrons. The Balaban J connectivity index is 3.03. The molecule has 1 unspecified atom stereocenters. The minimum atomic E-state index is -0.255. The van der Waals surface area contributed by atoms with E-state index in [4.69, 9.17) is 10.5 Å². The van der Waals surface area contributed by atoms with Crippen LogP contribution in [0.5, 0.6) is 5.75 Å². The van der Waals surface area contributed by atoms with Gasteiger partial charge in [0.1, 0.15) is 12.0 Å². The summed E-state index contributed by atoms with van der Waals surface area (Å²) in [6.45, 7) is 8.20. The van der Waals surface area contributed by atoms with Gasteiger partial charge in [-0.1, -0.05) is 26.0 Å². The quantitative estimate of drug-likeness (QED) is 0.749. The molecule has 0 saturated heterocycles. The predicted molar refractivity (Wildman–Crippen MR) is 59.5 cm³/mol. The van der Waals surface area contributed by atoms with E-state index in [1.165, 1.54) is 11.1 Å². The number of nitrogens with two attached hydrogens (primary N) is 1. The zero-order valence-corrected chi connectivity index (χ0v) is 9.37. The molecule has 1 aromatic rings. The first-order valence-electron chi connectivity index (χ1n) is 5.03. The third kappa shape index (κ3) is 2.74. The minimum absolute atomic E-state index is 0.255. The SMILES string of the molecule is Cc1ccc(C(C)C)c(OC(C)N)c1. The van der Waals surface area contributed by atoms with E-state index in [-0.39, 0.29) is 6.23 Å². The normalized spacial score (nSPS) is 13.0. The highest BCUT2D eigenvalue weighted by atomic mass is 16.5. The van der Waals surface area contributed by atoms with Gasteiger partial charge in [-0.15, -0.1) is 0 Å². The highest BCUT2D eigenvalue weighted by Crippen LogP contribution is 2.27. The molecule has 78 valence electrons. The van der Waals surface area contributed by atoms with E-state index in [0.29, 0.717) is 5.92 Å². The van der Waals surface area contributed by atoms with Crippen LogP contribution in [-0.4, -0.2) is 6.23 Å². The van der Waals surface area contributed by atoms with Gasteiger partial charge in [0.05, 0.1) is 0 Å². The van der Waals surface area contributed by atoms with E-state index >= 15 is 0 Å². The molecule has 0 aliphatic heterocycles. The Labute approximate surface area is 86.1 Å². The predicted octanol–water partition coefficient (Wildman–Crippen LogP) is 2.80. The molecule has 0 bridgehead atoms. The van der Waals surface area contributed by atoms with E-state index in [0.717, 1.165) is 5.75 Å². The summed E-state index contributed by atoms with van der Waals surface area (Å²) in [4.78, 5) is 0. The van der Waals surface area contributed by atoms with Crippen LogP contribution in [0.2, 0.25) is 0 Å². The van der Waals surface area contributed by atoms with Gasteiger partial charge in [0.25, 0.3) is 0 Å². The van der Waals surface area contributed by atoms with E-state index in [9.17, 15) is 0 Å². The highest BCUT2D eigenvalue weighted by Gasteiger charge is 2.08. The lowest BCUT2D eigenvalue weighted by Crippen LogP contribution is -2.23. The van der Waals surface area contributed by atoms with E-state index < -0.39 is 0 Å². The fourth-order valence-corrected chi connectivity index (χ4v) is 1.42. The molecule has 0 spiro atoms. The van der Waals surface area contributed by atoms with Crippen LogP contribution in [0, 0.1) is 6.92 Å². The molecule has 2 N–H and O–H groups in total. The molecule has 2 heteroatoms. The summed E-state index contributed by atoms with van der Waals surface area (Å²) in [6, 6.07) is 6.25. The van der Waals surface area contributed by atoms with Crippen molar-refractivity contribution in [3.63, 3.8) is 0 Å². The molecule has 0 aliphatic rings. The van der Waals surface area contributed by atoms with Crippen LogP contribution in [0.15, 0.2) is 18.2 Å². The average molecular weight is 193 g/mol. The number of hydrogen-bond donors (Lipinski definition) is 1. The molecule has 0 aromatic heterocycles. The van der Waals surface area contributed by atoms with Gasteiger partial charge in [-0.05, 0) is 37.0 Å². The van der Waals surface area contributed by atoms with Gasteiger partial charge in [0.2, 0.25) is 0 Å². The zero-order chi connectivity index (χ0) is 10.7. The van der Waals surface area contributed by atoms with Crippen LogP contribution in [0.1, 0.15) is 37.8 Å². The van der Waals surface area contributed by atoms with Gasteiger partial charge in [-0.25, -0.2) is 0 Å². The molecule has 0 aliphatic carbocycles. The van der Waals surface area contributed by atoms with Crippen LogP contribution in [0.25, 0.3) is 0 Å². The van der Waals surface area contributed by atoms with Gasteiger partial charge in [-0.3, -0.25) is 5.73 Å². The Morgan fingerprint density at radius 1 is 1.21 bits per heavy atom. The van der Waals surface area contributed by atoms with Crippen molar-refractivity contribution in [3.05, 3.63) is 29.3 Å². The second-order valence-electron chi connectivity index (χ2n) is 4.02. The summed E-state index contributed by atoms with van der Waals surface area (Å²) in [7, 11) is 0. The molecule has 0 heterocycles. The third-order valence-corrected chi connectivity index (χ3v) is 2.10. The molecule has 0 amide bonds. The van der Waals surface area contributed by atoms with Crippen molar-refractivity contribution < 1.29 is 4.74 Å². The van der Waals surface area contributed by atoms with Gasteiger partial charge in [-0.2, -0.15) is 0 Å². The molecule has 0 saturated carbocycles. The van der Waals surface area contributed by atoms with E-state index in [1.807, 2.05) is 13.0 Å². The van der Waals surface area contributed by atoms with Crippen LogP contribution in [0.4, 0.5) is 0 Å². The maximum Gasteiger partial charge on any atom is 0.144 e. The molecular formula is C12H19NO. The van der Waals surface area contributed by atoms with Gasteiger partial charge in [0, 0.05) is 0 Å². The summed E-state index contributed by atoms with van der Waals surface area (Å²) < 4.78 is 5.57. The summed E-state index contributed by atoms with van der Waals surface area (Å²) in [6.07, 6.45) is -0.255. The Kier molecular flexibility index (Phi) is 3.53. The first-order chi connectivity index (χ1) is 6.50. The maximum absolute atomic E-state index is 5.62. The lowest BCUT2D eigenvalue weighted by molar-refractivity contribution is 0.227. The summed E-state index contributed by atoms with van der Waals surface area (Å²) in [5.41, 5.74) is 8.04. The topological polar surface area (TPSA) is 35.2 Å². The monoisotopic (exact) mass is 193 g/mol. The van der Waals surface area contributed by atoms with Crippen molar-refractivity contribution in [1.82, 2.24) is 0 Å². The fraction of sp³-hybridized carbons (Fsp3) is 0.500. The first-order valence-corrected chi connectivity index (χ1v) is 5.03. The Morgan fingerprint density at radius 3 is 2.36 bits per heavy atom. The number of benzene rings is 1. The molecule has 0 fully saturated rings. The van der Waals surface area contributed by atoms with Gasteiger partial charge in [0.15, 0.2) is 0 Å². The smallest absolute Gasteiger partial charge is 0.144 e. The Bertz CT molecular complexity index is 305. The van der Waals surface area contributed by atoms with Crippen LogP contribution in [-0.2, 0) is 0 Å². The van der Waals surface area contributed by atoms with Crippen molar-refractivity contribution >= 4 is 0 Å². The molecule has 1 atom stereocenters. The summed E-state index contributed by atoms with van der Waals surface area (Å²) in [5.74, 6) is 1.37. The Hall–Kier alpha value is -1.02. The maximum atomic E-state index is 5.62. The lowest BCUT2D eigenvalue weighted by atomic mass is 10.0. The Morgan fingerprint density at radius 2 is 1.86 bits per heavy atom. The second kappa shape index (κ2) is 4.47. The standard InChI is InChI=1S/C12H19NO/c1-8(2)11-6-5-9(3)7-12(11)14-10(4)13/h5-8,10H,13H2,1-4H3. The number of hydrogen-bond acceptors (Lipinski definition) is 2. The molecule has 1 rings (SSSR count). The van der Waals surface area contributed by atoms with E-state index in [1.54, 1.807) is 0 Å². The van der Waals surface area contributed by atoms with Gasteiger partial charge < -0.3 is 4.74 Å². The lowest BCUT2D eigenvalue weighted by Gasteiger charge is -2.16. The summed E-state index contributed by atoms with van der Waals surface area (Å²) >= 11 is 0. The number of rotatable bonds is 3. The van der Waals surface area contributed by atoms with Crippen molar-refractivity contribution in [2.75, 3.05) is 0 Å². The second-order valence-corrected chi connectivity index (χ2v) is 4.02. The highest BCUT2D eigenvalue weighted by molar-refractivity contribution is 5.39. The van der Waals surface area contributed by atoms with Crippen molar-refractivity contribution in [2.24, 2.45) is 5.73 Å². The molecule has 2 nitrogen and oxygen atoms in total. The average Bonchev–Trinajstić information content (AvgIpc) is 2.01. The number of aryl methyl sites for hydroxylation is 1. The van der Waals surface area contributed by atoms with Crippen LogP contribution in [0.3, 0.4) is 0 Å². The zero-order valence-electron chi connectivity index (χ0n) is 9.37. The minimum Gasteiger partial charge on any atom is -0.476 e. The molecular weight excluding hydrogens is 174 g/mol.